The van der Waals surface area contributed by atoms with Crippen molar-refractivity contribution in [2.45, 2.75) is 6.92 Å². The van der Waals surface area contributed by atoms with E-state index in [-0.39, 0.29) is 5.63 Å². The van der Waals surface area contributed by atoms with Gasteiger partial charge in [0, 0.05) is 28.8 Å². The summed E-state index contributed by atoms with van der Waals surface area (Å²) in [7, 11) is 0. The highest BCUT2D eigenvalue weighted by molar-refractivity contribution is 5.98. The van der Waals surface area contributed by atoms with E-state index in [2.05, 4.69) is 20.4 Å². The smallest absolute Gasteiger partial charge is 0.336 e. The fourth-order valence-corrected chi connectivity index (χ4v) is 3.92. The standard InChI is InChI=1S/C27H18N4O4/c1-16-13-23(32)34-22-14-20(11-12-21(16)22)33-19-9-7-18(8-10-19)30-26-24-25(17-5-3-2-4-6-17)31-35-27(24)29-15-28-26/h2-15H,1H3,(H,28,29,30). The second-order valence-corrected chi connectivity index (χ2v) is 7.96. The van der Waals surface area contributed by atoms with Gasteiger partial charge in [-0.05, 0) is 48.9 Å². The van der Waals surface area contributed by atoms with Crippen molar-refractivity contribution in [2.75, 3.05) is 5.32 Å². The lowest BCUT2D eigenvalue weighted by molar-refractivity contribution is 0.451. The predicted octanol–water partition coefficient (Wildman–Crippen LogP) is 6.24. The molecule has 6 aromatic rings. The van der Waals surface area contributed by atoms with Crippen LogP contribution in [0.4, 0.5) is 11.5 Å². The molecule has 0 amide bonds. The molecular formula is C27H18N4O4. The second kappa shape index (κ2) is 8.42. The van der Waals surface area contributed by atoms with E-state index in [4.69, 9.17) is 13.7 Å². The Morgan fingerprint density at radius 3 is 2.51 bits per heavy atom. The van der Waals surface area contributed by atoms with Crippen LogP contribution in [0.15, 0.2) is 98.9 Å². The summed E-state index contributed by atoms with van der Waals surface area (Å²) < 4.78 is 16.7. The van der Waals surface area contributed by atoms with Gasteiger partial charge >= 0.3 is 5.63 Å². The van der Waals surface area contributed by atoms with Gasteiger partial charge in [0.1, 0.15) is 40.3 Å². The largest absolute Gasteiger partial charge is 0.457 e. The summed E-state index contributed by atoms with van der Waals surface area (Å²) in [5.41, 5.74) is 3.75. The number of fused-ring (bicyclic) bond motifs is 2. The summed E-state index contributed by atoms with van der Waals surface area (Å²) in [6.07, 6.45) is 1.43. The first-order valence-electron chi connectivity index (χ1n) is 10.9. The highest BCUT2D eigenvalue weighted by Gasteiger charge is 2.17. The maximum atomic E-state index is 11.7. The fourth-order valence-electron chi connectivity index (χ4n) is 3.92. The number of benzene rings is 3. The maximum Gasteiger partial charge on any atom is 0.336 e. The molecule has 35 heavy (non-hydrogen) atoms. The molecule has 0 aliphatic carbocycles. The molecule has 1 N–H and O–H groups in total. The molecule has 0 unspecified atom stereocenters. The summed E-state index contributed by atoms with van der Waals surface area (Å²) in [6.45, 7) is 1.87. The number of hydrogen-bond acceptors (Lipinski definition) is 8. The number of nitrogens with one attached hydrogen (secondary N) is 1. The van der Waals surface area contributed by atoms with Crippen LogP contribution in [-0.2, 0) is 0 Å². The Morgan fingerprint density at radius 1 is 0.886 bits per heavy atom. The number of hydrogen-bond donors (Lipinski definition) is 1. The Hall–Kier alpha value is -4.98. The zero-order chi connectivity index (χ0) is 23.8. The third-order valence-corrected chi connectivity index (χ3v) is 5.60. The van der Waals surface area contributed by atoms with Gasteiger partial charge in [-0.1, -0.05) is 35.5 Å². The van der Waals surface area contributed by atoms with Crippen LogP contribution in [0.3, 0.4) is 0 Å². The zero-order valence-corrected chi connectivity index (χ0v) is 18.6. The van der Waals surface area contributed by atoms with E-state index in [0.717, 1.165) is 22.2 Å². The van der Waals surface area contributed by atoms with Crippen molar-refractivity contribution in [3.05, 3.63) is 101 Å². The normalized spacial score (nSPS) is 11.1. The van der Waals surface area contributed by atoms with E-state index >= 15 is 0 Å². The summed E-state index contributed by atoms with van der Waals surface area (Å²) >= 11 is 0. The summed E-state index contributed by atoms with van der Waals surface area (Å²) in [4.78, 5) is 20.3. The number of aryl methyl sites for hydroxylation is 1. The van der Waals surface area contributed by atoms with Crippen LogP contribution in [-0.4, -0.2) is 15.1 Å². The van der Waals surface area contributed by atoms with Gasteiger partial charge in [0.25, 0.3) is 5.71 Å². The van der Waals surface area contributed by atoms with Crippen molar-refractivity contribution < 1.29 is 13.7 Å². The minimum absolute atomic E-state index is 0.385. The Kier molecular flexibility index (Phi) is 4.96. The first-order valence-corrected chi connectivity index (χ1v) is 10.9. The molecule has 0 bridgehead atoms. The number of ether oxygens (including phenoxy) is 1. The molecule has 3 heterocycles. The molecule has 0 saturated heterocycles. The van der Waals surface area contributed by atoms with Gasteiger partial charge < -0.3 is 19.0 Å². The number of nitrogens with zero attached hydrogens (tertiary/aromatic N) is 3. The van der Waals surface area contributed by atoms with Crippen LogP contribution >= 0.6 is 0 Å². The average molecular weight is 462 g/mol. The molecule has 170 valence electrons. The SMILES string of the molecule is Cc1cc(=O)oc2cc(Oc3ccc(Nc4ncnc5onc(-c6ccccc6)c45)cc3)ccc12. The second-order valence-electron chi connectivity index (χ2n) is 7.96. The highest BCUT2D eigenvalue weighted by Crippen LogP contribution is 2.33. The lowest BCUT2D eigenvalue weighted by Crippen LogP contribution is -1.98. The molecule has 6 rings (SSSR count). The van der Waals surface area contributed by atoms with Gasteiger partial charge in [0.15, 0.2) is 0 Å². The Labute approximate surface area is 198 Å². The number of anilines is 2. The highest BCUT2D eigenvalue weighted by atomic mass is 16.5. The number of aromatic nitrogens is 3. The van der Waals surface area contributed by atoms with Gasteiger partial charge in [-0.2, -0.15) is 4.98 Å². The third kappa shape index (κ3) is 3.97. The molecule has 0 spiro atoms. The molecule has 0 aliphatic heterocycles. The molecule has 3 aromatic heterocycles. The van der Waals surface area contributed by atoms with E-state index in [9.17, 15) is 4.79 Å². The van der Waals surface area contributed by atoms with E-state index < -0.39 is 0 Å². The fraction of sp³-hybridized carbons (Fsp3) is 0.0370. The Bertz CT molecular complexity index is 1720. The molecule has 8 heteroatoms. The summed E-state index contributed by atoms with van der Waals surface area (Å²) in [5, 5.41) is 9.08. The van der Waals surface area contributed by atoms with E-state index in [1.54, 1.807) is 6.07 Å². The number of rotatable bonds is 5. The van der Waals surface area contributed by atoms with Gasteiger partial charge in [-0.3, -0.25) is 0 Å². The average Bonchev–Trinajstić information content (AvgIpc) is 3.31. The van der Waals surface area contributed by atoms with E-state index in [1.807, 2.05) is 73.7 Å². The molecule has 3 aromatic carbocycles. The predicted molar refractivity (Wildman–Crippen MR) is 132 cm³/mol. The van der Waals surface area contributed by atoms with Crippen LogP contribution < -0.4 is 15.7 Å². The van der Waals surface area contributed by atoms with E-state index in [0.29, 0.717) is 39.7 Å². The van der Waals surface area contributed by atoms with Gasteiger partial charge in [-0.15, -0.1) is 0 Å². The van der Waals surface area contributed by atoms with Gasteiger partial charge in [0.2, 0.25) is 0 Å². The minimum Gasteiger partial charge on any atom is -0.457 e. The summed E-state index contributed by atoms with van der Waals surface area (Å²) in [6, 6.07) is 24.1. The molecule has 0 atom stereocenters. The van der Waals surface area contributed by atoms with Crippen molar-refractivity contribution in [2.24, 2.45) is 0 Å². The topological polar surface area (TPSA) is 103 Å². The van der Waals surface area contributed by atoms with Crippen molar-refractivity contribution in [3.8, 4) is 22.8 Å². The molecule has 0 fully saturated rings. The third-order valence-electron chi connectivity index (χ3n) is 5.60. The van der Waals surface area contributed by atoms with Gasteiger partial charge in [-0.25, -0.2) is 9.78 Å². The maximum absolute atomic E-state index is 11.7. The quantitative estimate of drug-likeness (QED) is 0.301. The first-order chi connectivity index (χ1) is 17.1. The van der Waals surface area contributed by atoms with Gasteiger partial charge in [0.05, 0.1) is 0 Å². The van der Waals surface area contributed by atoms with E-state index in [1.165, 1.54) is 12.4 Å². The van der Waals surface area contributed by atoms with Crippen LogP contribution in [0, 0.1) is 6.92 Å². The Morgan fingerprint density at radius 2 is 1.69 bits per heavy atom. The van der Waals surface area contributed by atoms with Crippen molar-refractivity contribution in [1.29, 1.82) is 0 Å². The molecule has 0 saturated carbocycles. The Balaban J connectivity index is 1.26. The van der Waals surface area contributed by atoms with Crippen LogP contribution in [0.25, 0.3) is 33.3 Å². The van der Waals surface area contributed by atoms with Crippen molar-refractivity contribution in [3.63, 3.8) is 0 Å². The molecule has 0 radical (unpaired) electrons. The lowest BCUT2D eigenvalue weighted by Gasteiger charge is -2.10. The van der Waals surface area contributed by atoms with Crippen LogP contribution in [0.1, 0.15) is 5.56 Å². The van der Waals surface area contributed by atoms with Crippen molar-refractivity contribution in [1.82, 2.24) is 15.1 Å². The zero-order valence-electron chi connectivity index (χ0n) is 18.6. The van der Waals surface area contributed by atoms with Crippen LogP contribution in [0.5, 0.6) is 11.5 Å². The summed E-state index contributed by atoms with van der Waals surface area (Å²) in [5.74, 6) is 1.79. The molecule has 8 nitrogen and oxygen atoms in total. The molecular weight excluding hydrogens is 444 g/mol. The minimum atomic E-state index is -0.385. The van der Waals surface area contributed by atoms with Crippen molar-refractivity contribution >= 4 is 33.6 Å². The first kappa shape index (κ1) is 20.6. The molecule has 0 aliphatic rings. The monoisotopic (exact) mass is 462 g/mol. The lowest BCUT2D eigenvalue weighted by atomic mass is 10.1. The van der Waals surface area contributed by atoms with Crippen LogP contribution in [0.2, 0.25) is 0 Å².